The van der Waals surface area contributed by atoms with Crippen molar-refractivity contribution in [2.75, 3.05) is 11.1 Å². The van der Waals surface area contributed by atoms with Crippen molar-refractivity contribution in [3.8, 4) is 6.07 Å². The van der Waals surface area contributed by atoms with E-state index in [0.717, 1.165) is 12.8 Å². The number of hydrogen-bond acceptors (Lipinski definition) is 4. The molecule has 0 saturated carbocycles. The minimum atomic E-state index is 0.299. The van der Waals surface area contributed by atoms with Crippen LogP contribution in [0.25, 0.3) is 0 Å². The Kier molecular flexibility index (Phi) is 4.77. The van der Waals surface area contributed by atoms with Gasteiger partial charge >= 0.3 is 0 Å². The first-order valence-electron chi connectivity index (χ1n) is 6.04. The van der Waals surface area contributed by atoms with Crippen molar-refractivity contribution in [3.05, 3.63) is 17.8 Å². The van der Waals surface area contributed by atoms with E-state index in [2.05, 4.69) is 37.1 Å². The highest BCUT2D eigenvalue weighted by Gasteiger charge is 2.15. The quantitative estimate of drug-likeness (QED) is 0.818. The van der Waals surface area contributed by atoms with Crippen LogP contribution >= 0.6 is 0 Å². The minimum absolute atomic E-state index is 0.299. The Morgan fingerprint density at radius 1 is 1.47 bits per heavy atom. The van der Waals surface area contributed by atoms with Crippen LogP contribution in [0, 0.1) is 17.2 Å². The lowest BCUT2D eigenvalue weighted by Crippen LogP contribution is -2.26. The summed E-state index contributed by atoms with van der Waals surface area (Å²) in [5.41, 5.74) is 6.62. The fourth-order valence-electron chi connectivity index (χ4n) is 2.01. The Bertz CT molecular complexity index is 404. The van der Waals surface area contributed by atoms with Crippen LogP contribution in [-0.2, 0) is 0 Å². The van der Waals surface area contributed by atoms with Gasteiger partial charge in [-0.2, -0.15) is 5.26 Å². The number of nitrogens with zero attached hydrogens (tertiary/aromatic N) is 2. The molecule has 0 radical (unpaired) electrons. The van der Waals surface area contributed by atoms with E-state index in [1.165, 1.54) is 0 Å². The maximum atomic E-state index is 9.02. The molecule has 0 aliphatic rings. The Hall–Kier alpha value is -1.76. The number of nitriles is 1. The first-order valence-corrected chi connectivity index (χ1v) is 6.04. The van der Waals surface area contributed by atoms with E-state index in [4.69, 9.17) is 11.0 Å². The maximum absolute atomic E-state index is 9.02. The third-order valence-electron chi connectivity index (χ3n) is 3.15. The molecule has 1 heterocycles. The van der Waals surface area contributed by atoms with Crippen LogP contribution in [0.1, 0.15) is 39.2 Å². The summed E-state index contributed by atoms with van der Waals surface area (Å²) in [6.45, 7) is 6.47. The number of rotatable bonds is 5. The summed E-state index contributed by atoms with van der Waals surface area (Å²) in [5.74, 6) is 1.21. The van der Waals surface area contributed by atoms with Gasteiger partial charge < -0.3 is 11.1 Å². The SMILES string of the molecule is CCC(CC)C(C)Nc1ncc(N)cc1C#N. The zero-order valence-electron chi connectivity index (χ0n) is 10.7. The first-order chi connectivity index (χ1) is 8.12. The molecule has 17 heavy (non-hydrogen) atoms. The normalized spacial score (nSPS) is 12.2. The average molecular weight is 232 g/mol. The molecule has 4 nitrogen and oxygen atoms in total. The lowest BCUT2D eigenvalue weighted by Gasteiger charge is -2.23. The second-order valence-electron chi connectivity index (χ2n) is 4.29. The van der Waals surface area contributed by atoms with E-state index in [9.17, 15) is 0 Å². The Balaban J connectivity index is 2.85. The highest BCUT2D eigenvalue weighted by Crippen LogP contribution is 2.20. The van der Waals surface area contributed by atoms with Gasteiger partial charge in [0.15, 0.2) is 0 Å². The summed E-state index contributed by atoms with van der Waals surface area (Å²) in [5, 5.41) is 12.3. The van der Waals surface area contributed by atoms with Gasteiger partial charge in [0.05, 0.1) is 17.4 Å². The first kappa shape index (κ1) is 13.3. The topological polar surface area (TPSA) is 74.7 Å². The Labute approximate surface area is 103 Å². The zero-order chi connectivity index (χ0) is 12.8. The number of aromatic nitrogens is 1. The monoisotopic (exact) mass is 232 g/mol. The predicted molar refractivity (Wildman–Crippen MR) is 70.5 cm³/mol. The van der Waals surface area contributed by atoms with Crippen molar-refractivity contribution in [3.63, 3.8) is 0 Å². The lowest BCUT2D eigenvalue weighted by molar-refractivity contribution is 0.437. The number of nitrogens with two attached hydrogens (primary N) is 1. The highest BCUT2D eigenvalue weighted by molar-refractivity contribution is 5.57. The van der Waals surface area contributed by atoms with Gasteiger partial charge in [-0.15, -0.1) is 0 Å². The van der Waals surface area contributed by atoms with E-state index < -0.39 is 0 Å². The fraction of sp³-hybridized carbons (Fsp3) is 0.538. The van der Waals surface area contributed by atoms with Crippen LogP contribution in [0.15, 0.2) is 12.3 Å². The fourth-order valence-corrected chi connectivity index (χ4v) is 2.01. The summed E-state index contributed by atoms with van der Waals surface area (Å²) >= 11 is 0. The zero-order valence-corrected chi connectivity index (χ0v) is 10.7. The predicted octanol–water partition coefficient (Wildman–Crippen LogP) is 2.77. The van der Waals surface area contributed by atoms with Crippen molar-refractivity contribution < 1.29 is 0 Å². The molecule has 0 amide bonds. The largest absolute Gasteiger partial charge is 0.397 e. The van der Waals surface area contributed by atoms with Crippen molar-refractivity contribution in [1.82, 2.24) is 4.98 Å². The Morgan fingerprint density at radius 2 is 2.12 bits per heavy atom. The smallest absolute Gasteiger partial charge is 0.144 e. The maximum Gasteiger partial charge on any atom is 0.144 e. The molecule has 0 aliphatic carbocycles. The highest BCUT2D eigenvalue weighted by atomic mass is 15.0. The Morgan fingerprint density at radius 3 is 2.65 bits per heavy atom. The van der Waals surface area contributed by atoms with Gasteiger partial charge in [-0.05, 0) is 18.9 Å². The number of hydrogen-bond donors (Lipinski definition) is 2. The van der Waals surface area contributed by atoms with Crippen molar-refractivity contribution in [2.24, 2.45) is 5.92 Å². The van der Waals surface area contributed by atoms with E-state index in [-0.39, 0.29) is 0 Å². The van der Waals surface area contributed by atoms with Crippen LogP contribution < -0.4 is 11.1 Å². The average Bonchev–Trinajstić information content (AvgIpc) is 2.33. The van der Waals surface area contributed by atoms with E-state index in [1.807, 2.05) is 0 Å². The van der Waals surface area contributed by atoms with Crippen LogP contribution in [0.4, 0.5) is 11.5 Å². The minimum Gasteiger partial charge on any atom is -0.397 e. The molecule has 0 spiro atoms. The number of nitrogens with one attached hydrogen (secondary N) is 1. The summed E-state index contributed by atoms with van der Waals surface area (Å²) in [6, 6.07) is 4.06. The molecule has 4 heteroatoms. The molecule has 0 aliphatic heterocycles. The number of nitrogen functional groups attached to an aromatic ring is 1. The summed E-state index contributed by atoms with van der Waals surface area (Å²) < 4.78 is 0. The molecule has 1 rings (SSSR count). The summed E-state index contributed by atoms with van der Waals surface area (Å²) in [7, 11) is 0. The second-order valence-corrected chi connectivity index (χ2v) is 4.29. The second kappa shape index (κ2) is 6.09. The standard InChI is InChI=1S/C13H20N4/c1-4-10(5-2)9(3)17-13-11(7-14)6-12(15)8-16-13/h6,8-10H,4-5,15H2,1-3H3,(H,16,17). The van der Waals surface area contributed by atoms with Gasteiger partial charge in [0.2, 0.25) is 0 Å². The third-order valence-corrected chi connectivity index (χ3v) is 3.15. The molecule has 0 aromatic carbocycles. The van der Waals surface area contributed by atoms with E-state index in [0.29, 0.717) is 29.0 Å². The van der Waals surface area contributed by atoms with Gasteiger partial charge in [0.1, 0.15) is 11.9 Å². The van der Waals surface area contributed by atoms with Gasteiger partial charge in [-0.1, -0.05) is 26.7 Å². The summed E-state index contributed by atoms with van der Waals surface area (Å²) in [4.78, 5) is 4.18. The van der Waals surface area contributed by atoms with Gasteiger partial charge in [-0.25, -0.2) is 4.98 Å². The number of pyridine rings is 1. The molecule has 0 bridgehead atoms. The van der Waals surface area contributed by atoms with Crippen LogP contribution in [0.3, 0.4) is 0 Å². The van der Waals surface area contributed by atoms with E-state index in [1.54, 1.807) is 12.3 Å². The van der Waals surface area contributed by atoms with Crippen molar-refractivity contribution >= 4 is 11.5 Å². The lowest BCUT2D eigenvalue weighted by atomic mass is 9.95. The molecule has 0 saturated heterocycles. The molecular formula is C13H20N4. The molecule has 1 aromatic rings. The van der Waals surface area contributed by atoms with E-state index >= 15 is 0 Å². The molecule has 92 valence electrons. The van der Waals surface area contributed by atoms with Crippen molar-refractivity contribution in [2.45, 2.75) is 39.7 Å². The number of anilines is 2. The van der Waals surface area contributed by atoms with Crippen molar-refractivity contribution in [1.29, 1.82) is 5.26 Å². The molecule has 3 N–H and O–H groups in total. The molecule has 1 unspecified atom stereocenters. The molecule has 0 fully saturated rings. The van der Waals surface area contributed by atoms with Crippen LogP contribution in [-0.4, -0.2) is 11.0 Å². The summed E-state index contributed by atoms with van der Waals surface area (Å²) in [6.07, 6.45) is 3.80. The molecule has 1 atom stereocenters. The van der Waals surface area contributed by atoms with Crippen LogP contribution in [0.5, 0.6) is 0 Å². The van der Waals surface area contributed by atoms with Gasteiger partial charge in [0.25, 0.3) is 0 Å². The molecule has 1 aromatic heterocycles. The van der Waals surface area contributed by atoms with Crippen LogP contribution in [0.2, 0.25) is 0 Å². The van der Waals surface area contributed by atoms with Gasteiger partial charge in [0, 0.05) is 6.04 Å². The third kappa shape index (κ3) is 3.35. The molecular weight excluding hydrogens is 212 g/mol. The van der Waals surface area contributed by atoms with Gasteiger partial charge in [-0.3, -0.25) is 0 Å².